The highest BCUT2D eigenvalue weighted by Crippen LogP contribution is 2.39. The van der Waals surface area contributed by atoms with Crippen LogP contribution in [0.5, 0.6) is 0 Å². The highest BCUT2D eigenvalue weighted by atomic mass is 32.2. The number of amides is 1. The predicted molar refractivity (Wildman–Crippen MR) is 143 cm³/mol. The van der Waals surface area contributed by atoms with Gasteiger partial charge in [0.15, 0.2) is 0 Å². The molecule has 33 heavy (non-hydrogen) atoms. The van der Waals surface area contributed by atoms with Gasteiger partial charge in [-0.15, -0.1) is 11.3 Å². The van der Waals surface area contributed by atoms with Gasteiger partial charge in [-0.3, -0.25) is 9.59 Å². The number of fused-ring (bicyclic) bond motifs is 1. The molecule has 1 fully saturated rings. The third-order valence-corrected chi connectivity index (χ3v) is 8.20. The fourth-order valence-electron chi connectivity index (χ4n) is 3.67. The molecule has 0 radical (unpaired) electrons. The van der Waals surface area contributed by atoms with Crippen molar-refractivity contribution in [2.45, 2.75) is 64.7 Å². The molecular formula is C23H32N4O3S3. The molecule has 1 aliphatic heterocycles. The fraction of sp³-hybridized carbons (Fsp3) is 0.565. The molecule has 0 saturated carbocycles. The number of benzene rings is 1. The molecule has 1 aliphatic rings. The van der Waals surface area contributed by atoms with Crippen LogP contribution in [0.1, 0.15) is 58.9 Å². The first kappa shape index (κ1) is 25.7. The fourth-order valence-corrected chi connectivity index (χ4v) is 6.05. The summed E-state index contributed by atoms with van der Waals surface area (Å²) < 4.78 is 1.50. The molecule has 1 aromatic heterocycles. The minimum Gasteiger partial charge on any atom is -0.481 e. The molecule has 10 heteroatoms. The van der Waals surface area contributed by atoms with Gasteiger partial charge in [0.1, 0.15) is 4.32 Å². The molecule has 1 amide bonds. The normalized spacial score (nSPS) is 16.0. The second-order valence-corrected chi connectivity index (χ2v) is 12.5. The van der Waals surface area contributed by atoms with Crippen molar-refractivity contribution in [3.8, 4) is 0 Å². The monoisotopic (exact) mass is 508 g/mol. The van der Waals surface area contributed by atoms with Gasteiger partial charge < -0.3 is 20.6 Å². The quantitative estimate of drug-likeness (QED) is 0.362. The van der Waals surface area contributed by atoms with E-state index in [0.29, 0.717) is 10.2 Å². The molecule has 3 rings (SSSR count). The number of nitrogens with zero attached hydrogens (tertiary/aromatic N) is 2. The number of thiazole rings is 1. The molecule has 1 saturated heterocycles. The number of piperidine rings is 1. The van der Waals surface area contributed by atoms with Gasteiger partial charge >= 0.3 is 5.97 Å². The Morgan fingerprint density at radius 1 is 1.33 bits per heavy atom. The van der Waals surface area contributed by atoms with Crippen molar-refractivity contribution < 1.29 is 14.7 Å². The minimum atomic E-state index is -0.993. The van der Waals surface area contributed by atoms with Crippen LogP contribution in [0.15, 0.2) is 12.1 Å². The number of aromatic nitrogens is 1. The van der Waals surface area contributed by atoms with E-state index in [9.17, 15) is 14.7 Å². The largest absolute Gasteiger partial charge is 0.481 e. The number of carboxylic acid groups (broad SMARTS) is 1. The average Bonchev–Trinajstić information content (AvgIpc) is 3.10. The lowest BCUT2D eigenvalue weighted by molar-refractivity contribution is -0.137. The summed E-state index contributed by atoms with van der Waals surface area (Å²) in [5.41, 5.74) is 2.88. The van der Waals surface area contributed by atoms with E-state index in [0.717, 1.165) is 64.3 Å². The summed E-state index contributed by atoms with van der Waals surface area (Å²) in [7, 11) is 0. The van der Waals surface area contributed by atoms with E-state index in [1.165, 1.54) is 6.92 Å². The molecule has 3 N–H and O–H groups in total. The topological polar surface area (TPSA) is 94.6 Å². The second kappa shape index (κ2) is 10.6. The van der Waals surface area contributed by atoms with E-state index in [1.54, 1.807) is 11.3 Å². The van der Waals surface area contributed by atoms with Gasteiger partial charge in [0.25, 0.3) is 0 Å². The Bertz CT molecular complexity index is 1020. The summed E-state index contributed by atoms with van der Waals surface area (Å²) in [4.78, 5) is 30.0. The maximum absolute atomic E-state index is 11.5. The third-order valence-electron chi connectivity index (χ3n) is 5.48. The highest BCUT2D eigenvalue weighted by Gasteiger charge is 2.24. The first-order valence-electron chi connectivity index (χ1n) is 11.1. The smallest absolute Gasteiger partial charge is 0.306 e. The number of anilines is 2. The van der Waals surface area contributed by atoms with Gasteiger partial charge in [0.2, 0.25) is 5.91 Å². The van der Waals surface area contributed by atoms with Gasteiger partial charge in [-0.05, 0) is 30.9 Å². The molecule has 0 bridgehead atoms. The van der Waals surface area contributed by atoms with Crippen LogP contribution in [0.3, 0.4) is 0 Å². The molecular weight excluding hydrogens is 476 g/mol. The van der Waals surface area contributed by atoms with Gasteiger partial charge in [0.05, 0.1) is 38.4 Å². The zero-order valence-corrected chi connectivity index (χ0v) is 22.2. The SMILES string of the molecule is CC(=O)NC(CC(=O)O)SC(=S)Nc1cc2sc(C(C)(C)C)nc2cc1N1CCC(C)CC1. The van der Waals surface area contributed by atoms with Gasteiger partial charge in [0, 0.05) is 25.4 Å². The van der Waals surface area contributed by atoms with Crippen LogP contribution in [0.2, 0.25) is 0 Å². The average molecular weight is 509 g/mol. The number of rotatable bonds is 6. The zero-order chi connectivity index (χ0) is 24.3. The Morgan fingerprint density at radius 2 is 2.00 bits per heavy atom. The molecule has 7 nitrogen and oxygen atoms in total. The number of carbonyl (C=O) groups is 2. The summed E-state index contributed by atoms with van der Waals surface area (Å²) in [6.45, 7) is 12.1. The van der Waals surface area contributed by atoms with E-state index < -0.39 is 11.3 Å². The van der Waals surface area contributed by atoms with E-state index in [2.05, 4.69) is 55.4 Å². The number of aliphatic carboxylic acids is 1. The Hall–Kier alpha value is -1.91. The van der Waals surface area contributed by atoms with Crippen molar-refractivity contribution in [2.75, 3.05) is 23.3 Å². The molecule has 2 aromatic rings. The lowest BCUT2D eigenvalue weighted by Crippen LogP contribution is -2.34. The van der Waals surface area contributed by atoms with Crippen LogP contribution < -0.4 is 15.5 Å². The number of hydrogen-bond donors (Lipinski definition) is 3. The van der Waals surface area contributed by atoms with E-state index >= 15 is 0 Å². The van der Waals surface area contributed by atoms with Crippen LogP contribution in [-0.4, -0.2) is 44.8 Å². The molecule has 1 atom stereocenters. The molecule has 0 aliphatic carbocycles. The van der Waals surface area contributed by atoms with Crippen LogP contribution >= 0.6 is 35.3 Å². The molecule has 1 unspecified atom stereocenters. The van der Waals surface area contributed by atoms with Crippen molar-refractivity contribution in [1.29, 1.82) is 0 Å². The summed E-state index contributed by atoms with van der Waals surface area (Å²) in [5.74, 6) is -0.576. The summed E-state index contributed by atoms with van der Waals surface area (Å²) >= 11 is 8.38. The van der Waals surface area contributed by atoms with Crippen molar-refractivity contribution in [2.24, 2.45) is 5.92 Å². The maximum atomic E-state index is 11.5. The number of carboxylic acids is 1. The molecule has 180 valence electrons. The number of carbonyl (C=O) groups excluding carboxylic acids is 1. The molecule has 2 heterocycles. The second-order valence-electron chi connectivity index (χ2n) is 9.59. The number of nitrogens with one attached hydrogen (secondary N) is 2. The van der Waals surface area contributed by atoms with Crippen molar-refractivity contribution >= 4 is 73.1 Å². The van der Waals surface area contributed by atoms with E-state index in [-0.39, 0.29) is 17.7 Å². The Kier molecular flexibility index (Phi) is 8.23. The lowest BCUT2D eigenvalue weighted by atomic mass is 9.98. The van der Waals surface area contributed by atoms with Crippen LogP contribution in [0, 0.1) is 5.92 Å². The summed E-state index contributed by atoms with van der Waals surface area (Å²) in [5, 5.41) is 15.6. The predicted octanol–water partition coefficient (Wildman–Crippen LogP) is 5.20. The number of thioether (sulfide) groups is 1. The zero-order valence-electron chi connectivity index (χ0n) is 19.7. The first-order chi connectivity index (χ1) is 15.4. The standard InChI is InChI=1S/C23H32N4O3S3/c1-13-6-8-27(9-7-13)17-10-16-18(32-21(25-16)23(3,4)5)11-15(17)26-22(31)33-19(12-20(29)30)24-14(2)28/h10-11,13,19H,6-9,12H2,1-5H3,(H,24,28)(H,26,31)(H,29,30). The Balaban J connectivity index is 1.91. The summed E-state index contributed by atoms with van der Waals surface area (Å²) in [6.07, 6.45) is 2.04. The first-order valence-corrected chi connectivity index (χ1v) is 13.2. The van der Waals surface area contributed by atoms with Crippen molar-refractivity contribution in [3.05, 3.63) is 17.1 Å². The maximum Gasteiger partial charge on any atom is 0.306 e. The highest BCUT2D eigenvalue weighted by molar-refractivity contribution is 8.23. The van der Waals surface area contributed by atoms with Crippen LogP contribution in [0.4, 0.5) is 11.4 Å². The third kappa shape index (κ3) is 7.04. The van der Waals surface area contributed by atoms with Crippen molar-refractivity contribution in [1.82, 2.24) is 10.3 Å². The number of thiocarbonyl (C=S) groups is 1. The van der Waals surface area contributed by atoms with Crippen LogP contribution in [-0.2, 0) is 15.0 Å². The van der Waals surface area contributed by atoms with Crippen molar-refractivity contribution in [3.63, 3.8) is 0 Å². The molecule has 0 spiro atoms. The molecule has 1 aromatic carbocycles. The minimum absolute atomic E-state index is 0.0361. The van der Waals surface area contributed by atoms with E-state index in [1.807, 2.05) is 0 Å². The van der Waals surface area contributed by atoms with Crippen LogP contribution in [0.25, 0.3) is 10.2 Å². The lowest BCUT2D eigenvalue weighted by Gasteiger charge is -2.33. The number of hydrogen-bond acceptors (Lipinski definition) is 7. The Labute approximate surface area is 208 Å². The Morgan fingerprint density at radius 3 is 2.58 bits per heavy atom. The van der Waals surface area contributed by atoms with Gasteiger partial charge in [-0.25, -0.2) is 4.98 Å². The van der Waals surface area contributed by atoms with Gasteiger partial charge in [-0.2, -0.15) is 0 Å². The van der Waals surface area contributed by atoms with E-state index in [4.69, 9.17) is 17.2 Å². The van der Waals surface area contributed by atoms with Gasteiger partial charge in [-0.1, -0.05) is 51.7 Å². The summed E-state index contributed by atoms with van der Waals surface area (Å²) in [6, 6.07) is 4.22.